The molecule has 0 amide bonds. The summed E-state index contributed by atoms with van der Waals surface area (Å²) in [5, 5.41) is 0.425. The van der Waals surface area contributed by atoms with Gasteiger partial charge in [-0.2, -0.15) is 4.31 Å². The third-order valence-corrected chi connectivity index (χ3v) is 6.20. The summed E-state index contributed by atoms with van der Waals surface area (Å²) in [6, 6.07) is 3.17. The van der Waals surface area contributed by atoms with E-state index in [4.69, 9.17) is 21.1 Å². The van der Waals surface area contributed by atoms with Crippen LogP contribution in [0.2, 0.25) is 5.02 Å². The molecule has 1 aromatic carbocycles. The highest BCUT2D eigenvalue weighted by atomic mass is 35.5. The average molecular weight is 348 g/mol. The van der Waals surface area contributed by atoms with Crippen molar-refractivity contribution in [3.63, 3.8) is 0 Å². The number of hydrogen-bond acceptors (Lipinski definition) is 4. The minimum atomic E-state index is -3.62. The fraction of sp³-hybridized carbons (Fsp3) is 0.600. The van der Waals surface area contributed by atoms with Crippen LogP contribution in [0.3, 0.4) is 0 Å². The lowest BCUT2D eigenvalue weighted by Crippen LogP contribution is -2.40. The number of hydrogen-bond donors (Lipinski definition) is 0. The lowest BCUT2D eigenvalue weighted by molar-refractivity contribution is 0.0604. The maximum Gasteiger partial charge on any atom is 0.246 e. The van der Waals surface area contributed by atoms with Gasteiger partial charge in [0.25, 0.3) is 0 Å². The fourth-order valence-corrected chi connectivity index (χ4v) is 4.39. The number of aryl methyl sites for hydroxylation is 1. The molecule has 2 rings (SSSR count). The van der Waals surface area contributed by atoms with E-state index in [0.717, 1.165) is 5.56 Å². The van der Waals surface area contributed by atoms with Crippen LogP contribution in [0.5, 0.6) is 5.75 Å². The number of piperidine rings is 1. The number of nitrogens with zero attached hydrogens (tertiary/aromatic N) is 1. The Morgan fingerprint density at radius 2 is 1.95 bits per heavy atom. The first-order chi connectivity index (χ1) is 10.4. The van der Waals surface area contributed by atoms with Crippen LogP contribution >= 0.6 is 11.6 Å². The van der Waals surface area contributed by atoms with Crippen LogP contribution in [-0.4, -0.2) is 45.6 Å². The Labute approximate surface area is 137 Å². The van der Waals surface area contributed by atoms with E-state index < -0.39 is 10.0 Å². The van der Waals surface area contributed by atoms with Crippen LogP contribution in [0, 0.1) is 6.92 Å². The smallest absolute Gasteiger partial charge is 0.246 e. The number of sulfonamides is 1. The van der Waals surface area contributed by atoms with E-state index in [1.165, 1.54) is 10.4 Å². The van der Waals surface area contributed by atoms with Gasteiger partial charge in [-0.1, -0.05) is 11.6 Å². The first kappa shape index (κ1) is 17.5. The third kappa shape index (κ3) is 3.56. The molecule has 22 heavy (non-hydrogen) atoms. The van der Waals surface area contributed by atoms with Crippen molar-refractivity contribution in [1.29, 1.82) is 0 Å². The van der Waals surface area contributed by atoms with Gasteiger partial charge in [0.15, 0.2) is 0 Å². The molecule has 0 aliphatic carbocycles. The summed E-state index contributed by atoms with van der Waals surface area (Å²) < 4.78 is 38.0. The second-order valence-corrected chi connectivity index (χ2v) is 7.63. The molecule has 0 spiro atoms. The minimum Gasteiger partial charge on any atom is -0.492 e. The molecule has 0 atom stereocenters. The molecule has 0 saturated carbocycles. The minimum absolute atomic E-state index is 0.124. The van der Waals surface area contributed by atoms with Gasteiger partial charge in [-0.25, -0.2) is 8.42 Å². The Hall–Kier alpha value is -0.820. The van der Waals surface area contributed by atoms with E-state index in [0.29, 0.717) is 43.3 Å². The molecule has 0 aromatic heterocycles. The summed E-state index contributed by atoms with van der Waals surface area (Å²) in [5.74, 6) is 0.360. The monoisotopic (exact) mass is 347 g/mol. The Kier molecular flexibility index (Phi) is 5.71. The van der Waals surface area contributed by atoms with Gasteiger partial charge in [-0.3, -0.25) is 0 Å². The van der Waals surface area contributed by atoms with E-state index >= 15 is 0 Å². The standard InChI is InChI=1S/C15H22ClNO4S/c1-4-21-14-9-11(2)13(16)10-15(14)22(18,19)17-7-5-12(20-3)6-8-17/h9-10,12H,4-8H2,1-3H3. The van der Waals surface area contributed by atoms with Gasteiger partial charge in [-0.15, -0.1) is 0 Å². The molecule has 1 heterocycles. The molecule has 5 nitrogen and oxygen atoms in total. The zero-order valence-electron chi connectivity index (χ0n) is 13.1. The Bertz CT molecular complexity index is 625. The van der Waals surface area contributed by atoms with Crippen molar-refractivity contribution in [1.82, 2.24) is 4.31 Å². The van der Waals surface area contributed by atoms with Gasteiger partial charge in [0.05, 0.1) is 12.7 Å². The van der Waals surface area contributed by atoms with Gasteiger partial charge in [0.2, 0.25) is 10.0 Å². The first-order valence-corrected chi connectivity index (χ1v) is 9.17. The van der Waals surface area contributed by atoms with Crippen molar-refractivity contribution in [2.24, 2.45) is 0 Å². The molecule has 1 saturated heterocycles. The molecule has 7 heteroatoms. The van der Waals surface area contributed by atoms with Gasteiger partial charge in [0, 0.05) is 25.2 Å². The van der Waals surface area contributed by atoms with Crippen molar-refractivity contribution in [2.75, 3.05) is 26.8 Å². The highest BCUT2D eigenvalue weighted by molar-refractivity contribution is 7.89. The lowest BCUT2D eigenvalue weighted by atomic mass is 10.1. The molecule has 1 aromatic rings. The van der Waals surface area contributed by atoms with Crippen molar-refractivity contribution < 1.29 is 17.9 Å². The second kappa shape index (κ2) is 7.17. The third-order valence-electron chi connectivity index (χ3n) is 3.88. The van der Waals surface area contributed by atoms with E-state index in [1.807, 2.05) is 13.8 Å². The number of methoxy groups -OCH3 is 1. The predicted octanol–water partition coefficient (Wildman–Crippen LogP) is 2.85. The van der Waals surface area contributed by atoms with E-state index in [-0.39, 0.29) is 11.0 Å². The first-order valence-electron chi connectivity index (χ1n) is 7.36. The predicted molar refractivity (Wildman–Crippen MR) is 86.1 cm³/mol. The van der Waals surface area contributed by atoms with Crippen LogP contribution in [0.1, 0.15) is 25.3 Å². The lowest BCUT2D eigenvalue weighted by Gasteiger charge is -2.30. The maximum atomic E-state index is 12.9. The summed E-state index contributed by atoms with van der Waals surface area (Å²) in [4.78, 5) is 0.140. The zero-order valence-corrected chi connectivity index (χ0v) is 14.7. The van der Waals surface area contributed by atoms with Crippen LogP contribution in [0.15, 0.2) is 17.0 Å². The SMILES string of the molecule is CCOc1cc(C)c(Cl)cc1S(=O)(=O)N1CCC(OC)CC1. The summed E-state index contributed by atoms with van der Waals surface area (Å²) in [6.07, 6.45) is 1.51. The normalized spacial score (nSPS) is 17.6. The molecule has 124 valence electrons. The number of rotatable bonds is 5. The van der Waals surface area contributed by atoms with Gasteiger partial charge >= 0.3 is 0 Å². The molecule has 1 aliphatic heterocycles. The van der Waals surface area contributed by atoms with Crippen molar-refractivity contribution in [3.05, 3.63) is 22.7 Å². The zero-order chi connectivity index (χ0) is 16.3. The number of ether oxygens (including phenoxy) is 2. The highest BCUT2D eigenvalue weighted by Crippen LogP contribution is 2.33. The number of halogens is 1. The summed E-state index contributed by atoms with van der Waals surface area (Å²) in [7, 11) is -1.96. The topological polar surface area (TPSA) is 55.8 Å². The van der Waals surface area contributed by atoms with Crippen molar-refractivity contribution in [3.8, 4) is 5.75 Å². The van der Waals surface area contributed by atoms with Gasteiger partial charge < -0.3 is 9.47 Å². The fourth-order valence-electron chi connectivity index (χ4n) is 2.55. The number of benzene rings is 1. The summed E-state index contributed by atoms with van der Waals surface area (Å²) >= 11 is 6.12. The van der Waals surface area contributed by atoms with Crippen LogP contribution in [-0.2, 0) is 14.8 Å². The largest absolute Gasteiger partial charge is 0.492 e. The van der Waals surface area contributed by atoms with Crippen LogP contribution in [0.25, 0.3) is 0 Å². The van der Waals surface area contributed by atoms with Crippen molar-refractivity contribution in [2.45, 2.75) is 37.7 Å². The Morgan fingerprint density at radius 3 is 2.50 bits per heavy atom. The molecule has 1 aliphatic rings. The molecule has 1 fully saturated rings. The van der Waals surface area contributed by atoms with Gasteiger partial charge in [-0.05, 0) is 44.4 Å². The summed E-state index contributed by atoms with van der Waals surface area (Å²) in [5.41, 5.74) is 0.794. The van der Waals surface area contributed by atoms with Gasteiger partial charge in [0.1, 0.15) is 10.6 Å². The quantitative estimate of drug-likeness (QED) is 0.821. The Balaban J connectivity index is 2.35. The van der Waals surface area contributed by atoms with E-state index in [9.17, 15) is 8.42 Å². The average Bonchev–Trinajstić information content (AvgIpc) is 2.51. The van der Waals surface area contributed by atoms with Crippen LogP contribution in [0.4, 0.5) is 0 Å². The molecule has 0 bridgehead atoms. The van der Waals surface area contributed by atoms with E-state index in [1.54, 1.807) is 13.2 Å². The second-order valence-electron chi connectivity index (χ2n) is 5.32. The maximum absolute atomic E-state index is 12.9. The van der Waals surface area contributed by atoms with Crippen LogP contribution < -0.4 is 4.74 Å². The Morgan fingerprint density at radius 1 is 1.32 bits per heavy atom. The van der Waals surface area contributed by atoms with Crippen molar-refractivity contribution >= 4 is 21.6 Å². The summed E-state index contributed by atoms with van der Waals surface area (Å²) in [6.45, 7) is 4.93. The highest BCUT2D eigenvalue weighted by Gasteiger charge is 2.32. The molecular formula is C15H22ClNO4S. The molecule has 0 unspecified atom stereocenters. The molecular weight excluding hydrogens is 326 g/mol. The van der Waals surface area contributed by atoms with E-state index in [2.05, 4.69) is 0 Å². The molecule has 0 radical (unpaired) electrons. The molecule has 0 N–H and O–H groups in total.